The van der Waals surface area contributed by atoms with Crippen LogP contribution in [0.1, 0.15) is 17.4 Å². The molecular formula is C10H15ClIN3O. The molecule has 2 N–H and O–H groups in total. The second kappa shape index (κ2) is 5.88. The number of piperazine rings is 1. The number of hydrogen-bond donors (Lipinski definition) is 2. The van der Waals surface area contributed by atoms with Crippen LogP contribution < -0.4 is 5.32 Å². The van der Waals surface area contributed by atoms with Crippen molar-refractivity contribution in [3.63, 3.8) is 0 Å². The molecule has 1 aromatic heterocycles. The van der Waals surface area contributed by atoms with Gasteiger partial charge in [-0.05, 0) is 35.6 Å². The predicted octanol–water partition coefficient (Wildman–Crippen LogP) is 1.48. The number of aromatic nitrogens is 1. The van der Waals surface area contributed by atoms with Gasteiger partial charge in [-0.2, -0.15) is 0 Å². The Morgan fingerprint density at radius 1 is 1.62 bits per heavy atom. The Bertz CT molecular complexity index is 369. The van der Waals surface area contributed by atoms with Gasteiger partial charge >= 0.3 is 0 Å². The topological polar surface area (TPSA) is 48.1 Å². The molecule has 0 radical (unpaired) electrons. The maximum absolute atomic E-state index is 12.0. The first-order valence-electron chi connectivity index (χ1n) is 5.03. The zero-order chi connectivity index (χ0) is 10.8. The van der Waals surface area contributed by atoms with Crippen molar-refractivity contribution >= 4 is 40.9 Å². The maximum Gasteiger partial charge on any atom is 0.270 e. The highest BCUT2D eigenvalue weighted by atomic mass is 127. The maximum atomic E-state index is 12.0. The third-order valence-electron chi connectivity index (χ3n) is 2.53. The molecule has 1 aliphatic rings. The van der Waals surface area contributed by atoms with Crippen molar-refractivity contribution < 1.29 is 4.79 Å². The standard InChI is InChI=1S/C10H14IN3O.ClH/c1-7-6-14(3-2-12-7)10(15)9-4-8(11)5-13-9;/h4-5,7,12-13H,2-3,6H2,1H3;1H/t7-;/m1./s1. The highest BCUT2D eigenvalue weighted by Gasteiger charge is 2.22. The summed E-state index contributed by atoms with van der Waals surface area (Å²) in [5.41, 5.74) is 0.688. The van der Waals surface area contributed by atoms with Gasteiger partial charge in [0.1, 0.15) is 5.69 Å². The number of amides is 1. The largest absolute Gasteiger partial charge is 0.356 e. The number of carbonyl (C=O) groups is 1. The summed E-state index contributed by atoms with van der Waals surface area (Å²) >= 11 is 2.19. The van der Waals surface area contributed by atoms with Crippen molar-refractivity contribution in [3.05, 3.63) is 21.5 Å². The number of halogens is 2. The second-order valence-corrected chi connectivity index (χ2v) is 5.08. The number of carbonyl (C=O) groups excluding carboxylic acids is 1. The van der Waals surface area contributed by atoms with Crippen LogP contribution in [0.4, 0.5) is 0 Å². The average molecular weight is 356 g/mol. The summed E-state index contributed by atoms with van der Waals surface area (Å²) in [7, 11) is 0. The van der Waals surface area contributed by atoms with Crippen molar-refractivity contribution in [2.45, 2.75) is 13.0 Å². The van der Waals surface area contributed by atoms with Crippen LogP contribution in [0.25, 0.3) is 0 Å². The summed E-state index contributed by atoms with van der Waals surface area (Å²) in [5.74, 6) is 0.103. The quantitative estimate of drug-likeness (QED) is 0.750. The minimum absolute atomic E-state index is 0. The zero-order valence-corrected chi connectivity index (χ0v) is 12.0. The third kappa shape index (κ3) is 3.11. The third-order valence-corrected chi connectivity index (χ3v) is 3.16. The van der Waals surface area contributed by atoms with E-state index in [2.05, 4.69) is 39.8 Å². The molecule has 1 fully saturated rings. The molecule has 1 saturated heterocycles. The van der Waals surface area contributed by atoms with Crippen LogP contribution in [-0.4, -0.2) is 41.5 Å². The van der Waals surface area contributed by atoms with Gasteiger partial charge in [-0.3, -0.25) is 4.79 Å². The molecule has 1 aliphatic heterocycles. The van der Waals surface area contributed by atoms with E-state index in [1.165, 1.54) is 0 Å². The van der Waals surface area contributed by atoms with Crippen LogP contribution in [0.2, 0.25) is 0 Å². The SMILES string of the molecule is C[C@@H]1CN(C(=O)c2cc(I)c[nH]2)CCN1.Cl. The smallest absolute Gasteiger partial charge is 0.270 e. The van der Waals surface area contributed by atoms with Crippen molar-refractivity contribution in [1.82, 2.24) is 15.2 Å². The van der Waals surface area contributed by atoms with Gasteiger partial charge in [0, 0.05) is 35.4 Å². The van der Waals surface area contributed by atoms with E-state index in [4.69, 9.17) is 0 Å². The van der Waals surface area contributed by atoms with Crippen molar-refractivity contribution in [1.29, 1.82) is 0 Å². The molecule has 4 nitrogen and oxygen atoms in total. The van der Waals surface area contributed by atoms with E-state index < -0.39 is 0 Å². The van der Waals surface area contributed by atoms with E-state index in [1.807, 2.05) is 17.2 Å². The van der Waals surface area contributed by atoms with Crippen molar-refractivity contribution in [2.75, 3.05) is 19.6 Å². The summed E-state index contributed by atoms with van der Waals surface area (Å²) in [4.78, 5) is 16.9. The summed E-state index contributed by atoms with van der Waals surface area (Å²) < 4.78 is 1.07. The number of nitrogens with zero attached hydrogens (tertiary/aromatic N) is 1. The molecule has 0 aliphatic carbocycles. The zero-order valence-electron chi connectivity index (χ0n) is 9.00. The molecule has 2 rings (SSSR count). The minimum atomic E-state index is 0. The van der Waals surface area contributed by atoms with Gasteiger partial charge in [-0.1, -0.05) is 0 Å². The Kier molecular flexibility index (Phi) is 5.07. The van der Waals surface area contributed by atoms with Crippen LogP contribution in [0.5, 0.6) is 0 Å². The first kappa shape index (κ1) is 13.8. The fraction of sp³-hybridized carbons (Fsp3) is 0.500. The van der Waals surface area contributed by atoms with E-state index in [-0.39, 0.29) is 18.3 Å². The molecule has 6 heteroatoms. The highest BCUT2D eigenvalue weighted by molar-refractivity contribution is 14.1. The van der Waals surface area contributed by atoms with Crippen LogP contribution in [0.15, 0.2) is 12.3 Å². The average Bonchev–Trinajstić information content (AvgIpc) is 2.64. The molecule has 16 heavy (non-hydrogen) atoms. The number of rotatable bonds is 1. The lowest BCUT2D eigenvalue weighted by Gasteiger charge is -2.31. The minimum Gasteiger partial charge on any atom is -0.356 e. The molecule has 1 aromatic rings. The molecule has 0 bridgehead atoms. The van der Waals surface area contributed by atoms with Crippen LogP contribution in [-0.2, 0) is 0 Å². The molecule has 0 unspecified atom stereocenters. The van der Waals surface area contributed by atoms with Gasteiger partial charge < -0.3 is 15.2 Å². The van der Waals surface area contributed by atoms with Gasteiger partial charge in [-0.25, -0.2) is 0 Å². The summed E-state index contributed by atoms with van der Waals surface area (Å²) in [6.45, 7) is 4.55. The Morgan fingerprint density at radius 2 is 2.38 bits per heavy atom. The van der Waals surface area contributed by atoms with Crippen molar-refractivity contribution in [3.8, 4) is 0 Å². The van der Waals surface area contributed by atoms with E-state index in [9.17, 15) is 4.79 Å². The van der Waals surface area contributed by atoms with Gasteiger partial charge in [0.2, 0.25) is 0 Å². The Balaban J connectivity index is 0.00000128. The predicted molar refractivity (Wildman–Crippen MR) is 74.1 cm³/mol. The number of nitrogens with one attached hydrogen (secondary N) is 2. The monoisotopic (exact) mass is 355 g/mol. The van der Waals surface area contributed by atoms with E-state index in [0.717, 1.165) is 23.2 Å². The fourth-order valence-corrected chi connectivity index (χ4v) is 2.25. The van der Waals surface area contributed by atoms with Crippen LogP contribution in [0.3, 0.4) is 0 Å². The molecule has 0 saturated carbocycles. The van der Waals surface area contributed by atoms with Crippen LogP contribution in [0, 0.1) is 3.57 Å². The summed E-state index contributed by atoms with van der Waals surface area (Å²) in [6.07, 6.45) is 1.85. The van der Waals surface area contributed by atoms with Gasteiger partial charge in [0.05, 0.1) is 0 Å². The number of H-pyrrole nitrogens is 1. The first-order valence-corrected chi connectivity index (χ1v) is 6.11. The van der Waals surface area contributed by atoms with E-state index in [0.29, 0.717) is 11.7 Å². The number of hydrogen-bond acceptors (Lipinski definition) is 2. The van der Waals surface area contributed by atoms with Gasteiger partial charge in [0.15, 0.2) is 0 Å². The second-order valence-electron chi connectivity index (χ2n) is 3.84. The molecule has 1 amide bonds. The van der Waals surface area contributed by atoms with Gasteiger partial charge in [0.25, 0.3) is 5.91 Å². The number of aromatic amines is 1. The lowest BCUT2D eigenvalue weighted by molar-refractivity contribution is 0.0704. The Morgan fingerprint density at radius 3 is 2.94 bits per heavy atom. The van der Waals surface area contributed by atoms with Crippen molar-refractivity contribution in [2.24, 2.45) is 0 Å². The first-order chi connectivity index (χ1) is 7.16. The fourth-order valence-electron chi connectivity index (χ4n) is 1.78. The molecule has 90 valence electrons. The Hall–Kier alpha value is -0.270. The lowest BCUT2D eigenvalue weighted by Crippen LogP contribution is -2.51. The molecular weight excluding hydrogens is 340 g/mol. The highest BCUT2D eigenvalue weighted by Crippen LogP contribution is 2.10. The molecule has 0 spiro atoms. The summed E-state index contributed by atoms with van der Waals surface area (Å²) in [5, 5.41) is 3.32. The molecule has 1 atom stereocenters. The van der Waals surface area contributed by atoms with E-state index in [1.54, 1.807) is 0 Å². The van der Waals surface area contributed by atoms with E-state index >= 15 is 0 Å². The normalized spacial score (nSPS) is 20.4. The Labute approximate surface area is 115 Å². The van der Waals surface area contributed by atoms with Crippen LogP contribution >= 0.6 is 35.0 Å². The lowest BCUT2D eigenvalue weighted by atomic mass is 10.2. The van der Waals surface area contributed by atoms with Gasteiger partial charge in [-0.15, -0.1) is 12.4 Å². The summed E-state index contributed by atoms with van der Waals surface area (Å²) in [6, 6.07) is 2.27. The molecule has 0 aromatic carbocycles. The molecule has 2 heterocycles.